The molecule has 0 spiro atoms. The van der Waals surface area contributed by atoms with Gasteiger partial charge in [0.15, 0.2) is 0 Å². The van der Waals surface area contributed by atoms with Gasteiger partial charge >= 0.3 is 0 Å². The van der Waals surface area contributed by atoms with Gasteiger partial charge in [-0.2, -0.15) is 0 Å². The molecule has 7 heteroatoms. The van der Waals surface area contributed by atoms with Gasteiger partial charge in [0.05, 0.1) is 32.8 Å². The summed E-state index contributed by atoms with van der Waals surface area (Å²) in [5, 5.41) is 0. The number of thioether (sulfide) groups is 1. The maximum atomic E-state index is 5.39. The molecule has 0 amide bonds. The molecule has 1 aromatic carbocycles. The Labute approximate surface area is 132 Å². The minimum atomic E-state index is -2.10. The summed E-state index contributed by atoms with van der Waals surface area (Å²) < 4.78 is 22.0. The minimum absolute atomic E-state index is 0.572. The molecule has 0 saturated carbocycles. The van der Waals surface area contributed by atoms with Crippen LogP contribution < -0.4 is 0 Å². The van der Waals surface area contributed by atoms with Crippen molar-refractivity contribution in [3.8, 4) is 0 Å². The first-order valence-corrected chi connectivity index (χ1v) is 8.80. The molecular weight excluding hydrogens is 316 g/mol. The van der Waals surface area contributed by atoms with E-state index < -0.39 is 10.9 Å². The number of benzene rings is 1. The van der Waals surface area contributed by atoms with Gasteiger partial charge in [0, 0.05) is 5.75 Å². The lowest BCUT2D eigenvalue weighted by Gasteiger charge is -2.33. The van der Waals surface area contributed by atoms with Gasteiger partial charge in [0.1, 0.15) is 10.9 Å². The predicted octanol–water partition coefficient (Wildman–Crippen LogP) is 4.09. The van der Waals surface area contributed by atoms with Gasteiger partial charge in [-0.1, -0.05) is 23.9 Å². The molecule has 1 aromatic rings. The number of thiocarbonyl (C=S) groups is 1. The SMILES string of the molecule is CCOC(=S)SCc1ccc(S(OC)(OC)OC)cc1. The van der Waals surface area contributed by atoms with E-state index in [-0.39, 0.29) is 0 Å². The lowest BCUT2D eigenvalue weighted by atomic mass is 10.2. The van der Waals surface area contributed by atoms with E-state index >= 15 is 0 Å². The molecule has 0 unspecified atom stereocenters. The molecule has 0 N–H and O–H groups in total. The Hall–Kier alpha value is -0.310. The van der Waals surface area contributed by atoms with Crippen molar-refractivity contribution in [2.24, 2.45) is 0 Å². The lowest BCUT2D eigenvalue weighted by Crippen LogP contribution is -2.07. The third-order valence-corrected chi connectivity index (χ3v) is 5.96. The molecule has 4 nitrogen and oxygen atoms in total. The summed E-state index contributed by atoms with van der Waals surface area (Å²) in [6.45, 7) is 2.52. The first-order chi connectivity index (χ1) is 9.61. The van der Waals surface area contributed by atoms with Gasteiger partial charge < -0.3 is 4.74 Å². The van der Waals surface area contributed by atoms with Crippen molar-refractivity contribution in [2.45, 2.75) is 17.6 Å². The zero-order chi connectivity index (χ0) is 15.0. The van der Waals surface area contributed by atoms with E-state index in [0.29, 0.717) is 11.0 Å². The van der Waals surface area contributed by atoms with E-state index in [1.165, 1.54) is 11.8 Å². The van der Waals surface area contributed by atoms with Crippen LogP contribution in [0.3, 0.4) is 0 Å². The van der Waals surface area contributed by atoms with Crippen LogP contribution in [0.4, 0.5) is 0 Å². The highest BCUT2D eigenvalue weighted by molar-refractivity contribution is 8.22. The molecule has 0 saturated heterocycles. The molecule has 0 aromatic heterocycles. The van der Waals surface area contributed by atoms with Crippen LogP contribution in [0, 0.1) is 0 Å². The Morgan fingerprint density at radius 1 is 1.10 bits per heavy atom. The van der Waals surface area contributed by atoms with Crippen LogP contribution in [0.15, 0.2) is 29.2 Å². The summed E-state index contributed by atoms with van der Waals surface area (Å²) >= 11 is 6.59. The molecule has 0 bridgehead atoms. The molecule has 1 rings (SSSR count). The maximum Gasteiger partial charge on any atom is 0.220 e. The largest absolute Gasteiger partial charge is 0.479 e. The summed E-state index contributed by atoms with van der Waals surface area (Å²) in [6, 6.07) is 7.92. The van der Waals surface area contributed by atoms with Gasteiger partial charge in [-0.3, -0.25) is 12.5 Å². The Bertz CT molecular complexity index is 410. The van der Waals surface area contributed by atoms with Crippen molar-refractivity contribution in [3.63, 3.8) is 0 Å². The van der Waals surface area contributed by atoms with E-state index in [9.17, 15) is 0 Å². The summed E-state index contributed by atoms with van der Waals surface area (Å²) in [6.07, 6.45) is 0. The summed E-state index contributed by atoms with van der Waals surface area (Å²) in [5.74, 6) is 0.772. The molecule has 0 atom stereocenters. The van der Waals surface area contributed by atoms with Crippen molar-refractivity contribution < 1.29 is 17.3 Å². The fourth-order valence-corrected chi connectivity index (χ4v) is 3.97. The van der Waals surface area contributed by atoms with Gasteiger partial charge in [-0.15, -0.1) is 0 Å². The Morgan fingerprint density at radius 3 is 2.10 bits per heavy atom. The first kappa shape index (κ1) is 17.7. The Kier molecular flexibility index (Phi) is 7.86. The van der Waals surface area contributed by atoms with Crippen molar-refractivity contribution in [3.05, 3.63) is 29.8 Å². The van der Waals surface area contributed by atoms with E-state index in [4.69, 9.17) is 29.5 Å². The van der Waals surface area contributed by atoms with Crippen LogP contribution in [0.5, 0.6) is 0 Å². The van der Waals surface area contributed by atoms with Crippen molar-refractivity contribution in [1.82, 2.24) is 0 Å². The average Bonchev–Trinajstić information content (AvgIpc) is 2.49. The van der Waals surface area contributed by atoms with E-state index in [1.807, 2.05) is 31.2 Å². The second kappa shape index (κ2) is 8.86. The number of rotatable bonds is 7. The van der Waals surface area contributed by atoms with Crippen LogP contribution in [-0.2, 0) is 23.0 Å². The van der Waals surface area contributed by atoms with E-state index in [0.717, 1.165) is 16.2 Å². The third-order valence-electron chi connectivity index (χ3n) is 2.49. The Morgan fingerprint density at radius 2 is 1.65 bits per heavy atom. The van der Waals surface area contributed by atoms with Crippen LogP contribution in [-0.4, -0.2) is 32.3 Å². The highest BCUT2D eigenvalue weighted by Crippen LogP contribution is 2.56. The van der Waals surface area contributed by atoms with Crippen LogP contribution in [0.2, 0.25) is 0 Å². The van der Waals surface area contributed by atoms with Crippen molar-refractivity contribution in [2.75, 3.05) is 27.9 Å². The fourth-order valence-electron chi connectivity index (χ4n) is 1.55. The standard InChI is InChI=1S/C13H20O4S3/c1-5-17-13(18)19-10-11-6-8-12(9-7-11)20(14-2,15-3)16-4/h6-9H,5,10H2,1-4H3. The summed E-state index contributed by atoms with van der Waals surface area (Å²) in [4.78, 5) is 0.881. The summed E-state index contributed by atoms with van der Waals surface area (Å²) in [5.41, 5.74) is 1.15. The monoisotopic (exact) mass is 336 g/mol. The van der Waals surface area contributed by atoms with Crippen LogP contribution in [0.25, 0.3) is 0 Å². The molecule has 0 aliphatic rings. The maximum absolute atomic E-state index is 5.39. The molecule has 0 aliphatic carbocycles. The highest BCUT2D eigenvalue weighted by Gasteiger charge is 2.25. The molecule has 114 valence electrons. The highest BCUT2D eigenvalue weighted by atomic mass is 32.3. The third kappa shape index (κ3) is 4.61. The number of hydrogen-bond donors (Lipinski definition) is 0. The lowest BCUT2D eigenvalue weighted by molar-refractivity contribution is 0.248. The topological polar surface area (TPSA) is 36.9 Å². The average molecular weight is 337 g/mol. The van der Waals surface area contributed by atoms with Crippen LogP contribution >= 0.6 is 34.9 Å². The minimum Gasteiger partial charge on any atom is -0.479 e. The normalized spacial score (nSPS) is 12.2. The second-order valence-corrected chi connectivity index (χ2v) is 7.53. The smallest absolute Gasteiger partial charge is 0.220 e. The molecule has 20 heavy (non-hydrogen) atoms. The summed E-state index contributed by atoms with van der Waals surface area (Å²) in [7, 11) is 2.63. The second-order valence-electron chi connectivity index (χ2n) is 3.57. The van der Waals surface area contributed by atoms with Crippen molar-refractivity contribution >= 4 is 39.2 Å². The molecular formula is C13H20O4S3. The van der Waals surface area contributed by atoms with Gasteiger partial charge in [-0.25, -0.2) is 0 Å². The fraction of sp³-hybridized carbons (Fsp3) is 0.462. The van der Waals surface area contributed by atoms with Gasteiger partial charge in [0.2, 0.25) is 4.38 Å². The molecule has 0 fully saturated rings. The van der Waals surface area contributed by atoms with E-state index in [1.54, 1.807) is 21.3 Å². The van der Waals surface area contributed by atoms with E-state index in [2.05, 4.69) is 0 Å². The Balaban J connectivity index is 2.71. The van der Waals surface area contributed by atoms with Gasteiger partial charge in [-0.05, 0) is 36.8 Å². The molecule has 0 aliphatic heterocycles. The first-order valence-electron chi connectivity index (χ1n) is 6.00. The zero-order valence-electron chi connectivity index (χ0n) is 12.1. The van der Waals surface area contributed by atoms with Gasteiger partial charge in [0.25, 0.3) is 0 Å². The number of ether oxygens (including phenoxy) is 1. The van der Waals surface area contributed by atoms with Crippen LogP contribution in [0.1, 0.15) is 12.5 Å². The predicted molar refractivity (Wildman–Crippen MR) is 88.8 cm³/mol. The quantitative estimate of drug-likeness (QED) is 0.698. The van der Waals surface area contributed by atoms with Crippen molar-refractivity contribution in [1.29, 1.82) is 0 Å². The zero-order valence-corrected chi connectivity index (χ0v) is 14.5. The molecule has 0 radical (unpaired) electrons. The number of hydrogen-bond acceptors (Lipinski definition) is 6. The molecule has 0 heterocycles.